The number of amides is 1. The van der Waals surface area contributed by atoms with E-state index in [9.17, 15) is 4.79 Å². The van der Waals surface area contributed by atoms with E-state index in [1.807, 2.05) is 0 Å². The van der Waals surface area contributed by atoms with Crippen molar-refractivity contribution in [2.45, 2.75) is 39.2 Å². The van der Waals surface area contributed by atoms with Gasteiger partial charge in [0.15, 0.2) is 0 Å². The van der Waals surface area contributed by atoms with Crippen molar-refractivity contribution in [3.63, 3.8) is 0 Å². The van der Waals surface area contributed by atoms with Gasteiger partial charge in [0.1, 0.15) is 0 Å². The summed E-state index contributed by atoms with van der Waals surface area (Å²) in [6.45, 7) is 6.29. The first kappa shape index (κ1) is 13.8. The van der Waals surface area contributed by atoms with E-state index in [0.29, 0.717) is 6.04 Å². The van der Waals surface area contributed by atoms with Gasteiger partial charge in [-0.1, -0.05) is 13.8 Å². The summed E-state index contributed by atoms with van der Waals surface area (Å²) in [4.78, 5) is 11.9. The average molecular weight is 247 g/mol. The van der Waals surface area contributed by atoms with Crippen LogP contribution >= 0.6 is 12.4 Å². The number of carbonyl (C=O) groups is 1. The normalized spacial score (nSPS) is 36.6. The van der Waals surface area contributed by atoms with Crippen molar-refractivity contribution in [3.05, 3.63) is 0 Å². The van der Waals surface area contributed by atoms with Crippen molar-refractivity contribution in [2.75, 3.05) is 13.1 Å². The van der Waals surface area contributed by atoms with Gasteiger partial charge in [-0.15, -0.1) is 12.4 Å². The number of hydrogen-bond acceptors (Lipinski definition) is 2. The second-order valence-electron chi connectivity index (χ2n) is 5.08. The molecule has 0 aromatic carbocycles. The Hall–Kier alpha value is -0.280. The third kappa shape index (κ3) is 3.11. The molecule has 3 nitrogen and oxygen atoms in total. The maximum atomic E-state index is 11.9. The van der Waals surface area contributed by atoms with Crippen LogP contribution in [0.15, 0.2) is 0 Å². The van der Waals surface area contributed by atoms with Gasteiger partial charge in [-0.3, -0.25) is 4.79 Å². The zero-order valence-corrected chi connectivity index (χ0v) is 11.0. The first-order valence-electron chi connectivity index (χ1n) is 6.23. The van der Waals surface area contributed by atoms with Gasteiger partial charge in [0, 0.05) is 12.6 Å². The fourth-order valence-electron chi connectivity index (χ4n) is 2.56. The molecule has 94 valence electrons. The molecule has 2 rings (SSSR count). The van der Waals surface area contributed by atoms with E-state index in [2.05, 4.69) is 24.5 Å². The lowest BCUT2D eigenvalue weighted by Crippen LogP contribution is -2.38. The molecule has 0 aromatic rings. The Morgan fingerprint density at radius 2 is 2.19 bits per heavy atom. The van der Waals surface area contributed by atoms with Gasteiger partial charge in [0.2, 0.25) is 5.91 Å². The number of rotatable bonds is 4. The summed E-state index contributed by atoms with van der Waals surface area (Å²) >= 11 is 0. The number of hydrogen-bond donors (Lipinski definition) is 2. The topological polar surface area (TPSA) is 41.1 Å². The van der Waals surface area contributed by atoms with Gasteiger partial charge >= 0.3 is 0 Å². The Labute approximate surface area is 104 Å². The van der Waals surface area contributed by atoms with Crippen LogP contribution in [-0.4, -0.2) is 25.0 Å². The van der Waals surface area contributed by atoms with Gasteiger partial charge in [0.25, 0.3) is 0 Å². The molecule has 1 amide bonds. The molecule has 4 unspecified atom stereocenters. The fraction of sp³-hybridized carbons (Fsp3) is 0.917. The van der Waals surface area contributed by atoms with E-state index in [4.69, 9.17) is 0 Å². The molecule has 0 bridgehead atoms. The maximum Gasteiger partial charge on any atom is 0.224 e. The van der Waals surface area contributed by atoms with E-state index in [1.54, 1.807) is 0 Å². The summed E-state index contributed by atoms with van der Waals surface area (Å²) < 4.78 is 0. The molecular weight excluding hydrogens is 224 g/mol. The standard InChI is InChI=1S/C12H22N2O.ClH/c1-3-11-10(4-5-13-11)12(15)14-7-9-6-8(9)2;/h8-11,13H,3-7H2,1-2H3,(H,14,15);1H. The lowest BCUT2D eigenvalue weighted by molar-refractivity contribution is -0.125. The van der Waals surface area contributed by atoms with E-state index in [-0.39, 0.29) is 24.2 Å². The Bertz CT molecular complexity index is 247. The van der Waals surface area contributed by atoms with Gasteiger partial charge in [-0.25, -0.2) is 0 Å². The Morgan fingerprint density at radius 3 is 2.75 bits per heavy atom. The van der Waals surface area contributed by atoms with E-state index in [1.165, 1.54) is 6.42 Å². The van der Waals surface area contributed by atoms with E-state index < -0.39 is 0 Å². The molecule has 4 heteroatoms. The Balaban J connectivity index is 0.00000128. The van der Waals surface area contributed by atoms with Crippen LogP contribution < -0.4 is 10.6 Å². The molecular formula is C12H23ClN2O. The molecule has 16 heavy (non-hydrogen) atoms. The highest BCUT2D eigenvalue weighted by Gasteiger charge is 2.35. The first-order chi connectivity index (χ1) is 7.22. The van der Waals surface area contributed by atoms with Crippen molar-refractivity contribution in [2.24, 2.45) is 17.8 Å². The van der Waals surface area contributed by atoms with Crippen molar-refractivity contribution < 1.29 is 4.79 Å². The SMILES string of the molecule is CCC1NCCC1C(=O)NCC1CC1C.Cl. The minimum atomic E-state index is 0. The zero-order valence-electron chi connectivity index (χ0n) is 10.2. The summed E-state index contributed by atoms with van der Waals surface area (Å²) in [5, 5.41) is 6.49. The number of carbonyl (C=O) groups excluding carboxylic acids is 1. The van der Waals surface area contributed by atoms with Gasteiger partial charge in [-0.05, 0) is 37.6 Å². The van der Waals surface area contributed by atoms with Crippen molar-refractivity contribution >= 4 is 18.3 Å². The molecule has 1 saturated heterocycles. The summed E-state index contributed by atoms with van der Waals surface area (Å²) in [7, 11) is 0. The molecule has 1 saturated carbocycles. The van der Waals surface area contributed by atoms with Crippen molar-refractivity contribution in [3.8, 4) is 0 Å². The quantitative estimate of drug-likeness (QED) is 0.791. The Morgan fingerprint density at radius 1 is 1.50 bits per heavy atom. The highest BCUT2D eigenvalue weighted by atomic mass is 35.5. The predicted molar refractivity (Wildman–Crippen MR) is 67.7 cm³/mol. The summed E-state index contributed by atoms with van der Waals surface area (Å²) in [6, 6.07) is 0.404. The number of nitrogens with one attached hydrogen (secondary N) is 2. The molecule has 0 radical (unpaired) electrons. The van der Waals surface area contributed by atoms with Crippen LogP contribution in [0.3, 0.4) is 0 Å². The highest BCUT2D eigenvalue weighted by Crippen LogP contribution is 2.36. The third-order valence-electron chi connectivity index (χ3n) is 3.94. The minimum absolute atomic E-state index is 0. The van der Waals surface area contributed by atoms with Crippen LogP contribution in [-0.2, 0) is 4.79 Å². The van der Waals surface area contributed by atoms with Crippen LogP contribution in [0, 0.1) is 17.8 Å². The molecule has 2 fully saturated rings. The molecule has 2 N–H and O–H groups in total. The predicted octanol–water partition coefficient (Wildman–Crippen LogP) is 1.57. The monoisotopic (exact) mass is 246 g/mol. The second kappa shape index (κ2) is 5.87. The van der Waals surface area contributed by atoms with Gasteiger partial charge < -0.3 is 10.6 Å². The van der Waals surface area contributed by atoms with Gasteiger partial charge in [0.05, 0.1) is 5.92 Å². The summed E-state index contributed by atoms with van der Waals surface area (Å²) in [6.07, 6.45) is 3.35. The summed E-state index contributed by atoms with van der Waals surface area (Å²) in [5.41, 5.74) is 0. The lowest BCUT2D eigenvalue weighted by Gasteiger charge is -2.17. The zero-order chi connectivity index (χ0) is 10.8. The summed E-state index contributed by atoms with van der Waals surface area (Å²) in [5.74, 6) is 2.06. The molecule has 1 heterocycles. The molecule has 4 atom stereocenters. The average Bonchev–Trinajstić information content (AvgIpc) is 2.78. The van der Waals surface area contributed by atoms with Crippen LogP contribution in [0.1, 0.15) is 33.1 Å². The second-order valence-corrected chi connectivity index (χ2v) is 5.08. The van der Waals surface area contributed by atoms with Gasteiger partial charge in [-0.2, -0.15) is 0 Å². The fourth-order valence-corrected chi connectivity index (χ4v) is 2.56. The van der Waals surface area contributed by atoms with E-state index in [0.717, 1.165) is 37.8 Å². The lowest BCUT2D eigenvalue weighted by atomic mass is 9.98. The number of halogens is 1. The molecule has 0 aromatic heterocycles. The van der Waals surface area contributed by atoms with Crippen molar-refractivity contribution in [1.82, 2.24) is 10.6 Å². The van der Waals surface area contributed by atoms with Crippen LogP contribution in [0.2, 0.25) is 0 Å². The highest BCUT2D eigenvalue weighted by molar-refractivity contribution is 5.85. The van der Waals surface area contributed by atoms with Crippen molar-refractivity contribution in [1.29, 1.82) is 0 Å². The smallest absolute Gasteiger partial charge is 0.224 e. The molecule has 1 aliphatic carbocycles. The third-order valence-corrected chi connectivity index (χ3v) is 3.94. The first-order valence-corrected chi connectivity index (χ1v) is 6.23. The van der Waals surface area contributed by atoms with Crippen LogP contribution in [0.25, 0.3) is 0 Å². The Kier molecular flexibility index (Phi) is 5.06. The molecule has 1 aliphatic heterocycles. The van der Waals surface area contributed by atoms with E-state index >= 15 is 0 Å². The minimum Gasteiger partial charge on any atom is -0.356 e. The molecule has 2 aliphatic rings. The maximum absolute atomic E-state index is 11.9. The van der Waals surface area contributed by atoms with Crippen LogP contribution in [0.5, 0.6) is 0 Å². The largest absolute Gasteiger partial charge is 0.356 e. The molecule has 0 spiro atoms. The van der Waals surface area contributed by atoms with Crippen LogP contribution in [0.4, 0.5) is 0 Å².